The Morgan fingerprint density at radius 2 is 1.97 bits per heavy atom. The Bertz CT molecular complexity index is 1080. The zero-order valence-corrected chi connectivity index (χ0v) is 20.6. The molecular weight excluding hydrogens is 475 g/mol. The monoisotopic (exact) mass is 502 g/mol. The predicted molar refractivity (Wildman–Crippen MR) is 131 cm³/mol. The molecule has 0 unspecified atom stereocenters. The summed E-state index contributed by atoms with van der Waals surface area (Å²) in [5.41, 5.74) is 1.07. The fourth-order valence-corrected chi connectivity index (χ4v) is 5.66. The highest BCUT2D eigenvalue weighted by Gasteiger charge is 2.33. The van der Waals surface area contributed by atoms with E-state index < -0.39 is 0 Å². The summed E-state index contributed by atoms with van der Waals surface area (Å²) in [5.74, 6) is -0.0465. The van der Waals surface area contributed by atoms with E-state index in [1.807, 2.05) is 27.8 Å². The van der Waals surface area contributed by atoms with Gasteiger partial charge in [0.05, 0.1) is 10.9 Å². The molecule has 0 bridgehead atoms. The molecule has 0 saturated heterocycles. The lowest BCUT2D eigenvalue weighted by molar-refractivity contribution is -0.135. The van der Waals surface area contributed by atoms with Gasteiger partial charge in [0, 0.05) is 31.7 Å². The molecule has 0 saturated carbocycles. The van der Waals surface area contributed by atoms with E-state index >= 15 is 0 Å². The highest BCUT2D eigenvalue weighted by molar-refractivity contribution is 7.12. The number of hydrogen-bond acceptors (Lipinski definition) is 6. The first kappa shape index (κ1) is 24.4. The highest BCUT2D eigenvalue weighted by atomic mass is 32.1. The Balaban J connectivity index is 1.50. The number of hydrogen-bond donors (Lipinski definition) is 0. The molecule has 9 heteroatoms. The van der Waals surface area contributed by atoms with E-state index in [1.165, 1.54) is 28.3 Å². The van der Waals surface area contributed by atoms with Crippen LogP contribution in [0.3, 0.4) is 0 Å². The fraction of sp³-hybridized carbons (Fsp3) is 0.360. The smallest absolute Gasteiger partial charge is 0.264 e. The molecule has 2 amide bonds. The number of nitrogens with zero attached hydrogens (tertiary/aromatic N) is 2. The van der Waals surface area contributed by atoms with E-state index in [9.17, 15) is 14.0 Å². The van der Waals surface area contributed by atoms with E-state index in [4.69, 9.17) is 9.47 Å². The molecule has 3 heterocycles. The molecular formula is C25H27FN2O4S2. The van der Waals surface area contributed by atoms with Crippen molar-refractivity contribution in [1.29, 1.82) is 0 Å². The SMILES string of the molecule is COCCCN(CC(=O)N1CCc2sccc2[C@@H]1COc1ccc(F)cc1)C(=O)c1cccs1. The molecule has 6 nitrogen and oxygen atoms in total. The first-order valence-corrected chi connectivity index (χ1v) is 12.9. The van der Waals surface area contributed by atoms with Crippen LogP contribution in [0.5, 0.6) is 5.75 Å². The van der Waals surface area contributed by atoms with E-state index in [0.29, 0.717) is 36.7 Å². The number of halogens is 1. The largest absolute Gasteiger partial charge is 0.491 e. The first-order valence-electron chi connectivity index (χ1n) is 11.1. The Kier molecular flexibility index (Phi) is 8.31. The normalized spacial score (nSPS) is 15.1. The van der Waals surface area contributed by atoms with Crippen LogP contribution in [0.4, 0.5) is 4.39 Å². The molecule has 3 aromatic rings. The second kappa shape index (κ2) is 11.6. The summed E-state index contributed by atoms with van der Waals surface area (Å²) in [6.07, 6.45) is 1.42. The van der Waals surface area contributed by atoms with Crippen LogP contribution >= 0.6 is 22.7 Å². The van der Waals surface area contributed by atoms with Crippen LogP contribution in [0.15, 0.2) is 53.2 Å². The minimum absolute atomic E-state index is 0.00698. The molecule has 1 aromatic carbocycles. The minimum Gasteiger partial charge on any atom is -0.491 e. The van der Waals surface area contributed by atoms with Gasteiger partial charge in [-0.3, -0.25) is 9.59 Å². The van der Waals surface area contributed by atoms with Crippen LogP contribution in [0.1, 0.15) is 32.6 Å². The number of amides is 2. The average Bonchev–Trinajstić information content (AvgIpc) is 3.55. The van der Waals surface area contributed by atoms with Gasteiger partial charge in [0.15, 0.2) is 0 Å². The minimum atomic E-state index is -0.328. The van der Waals surface area contributed by atoms with Gasteiger partial charge in [-0.05, 0) is 65.6 Å². The zero-order chi connectivity index (χ0) is 23.9. The second-order valence-corrected chi connectivity index (χ2v) is 9.92. The number of ether oxygens (including phenoxy) is 2. The summed E-state index contributed by atoms with van der Waals surface area (Å²) in [7, 11) is 1.62. The van der Waals surface area contributed by atoms with Crippen molar-refractivity contribution in [2.75, 3.05) is 40.0 Å². The molecule has 0 fully saturated rings. The van der Waals surface area contributed by atoms with E-state index in [-0.39, 0.29) is 36.8 Å². The van der Waals surface area contributed by atoms with E-state index in [0.717, 1.165) is 12.0 Å². The Labute approximate surface area is 206 Å². The summed E-state index contributed by atoms with van der Waals surface area (Å²) in [6.45, 7) is 1.75. The summed E-state index contributed by atoms with van der Waals surface area (Å²) in [4.78, 5) is 31.8. The van der Waals surface area contributed by atoms with Crippen molar-refractivity contribution in [3.8, 4) is 5.75 Å². The van der Waals surface area contributed by atoms with Gasteiger partial charge in [0.25, 0.3) is 5.91 Å². The predicted octanol–water partition coefficient (Wildman–Crippen LogP) is 4.63. The number of fused-ring (bicyclic) bond motifs is 1. The van der Waals surface area contributed by atoms with Gasteiger partial charge in [-0.2, -0.15) is 0 Å². The standard InChI is InChI=1S/C25H27FN2O4S2/c1-31-13-3-11-27(25(30)23-4-2-14-33-23)16-24(29)28-12-9-22-20(10-15-34-22)21(28)17-32-19-7-5-18(26)6-8-19/h2,4-8,10,14-15,21H,3,9,11-13,16-17H2,1H3/t21-/m0/s1. The van der Waals surface area contributed by atoms with Crippen molar-refractivity contribution in [2.45, 2.75) is 18.9 Å². The van der Waals surface area contributed by atoms with E-state index in [2.05, 4.69) is 0 Å². The van der Waals surface area contributed by atoms with E-state index in [1.54, 1.807) is 41.5 Å². The molecule has 0 radical (unpaired) electrons. The van der Waals surface area contributed by atoms with Crippen molar-refractivity contribution in [3.63, 3.8) is 0 Å². The molecule has 34 heavy (non-hydrogen) atoms. The van der Waals surface area contributed by atoms with Crippen LogP contribution in [-0.4, -0.2) is 61.6 Å². The lowest BCUT2D eigenvalue weighted by Gasteiger charge is -2.37. The molecule has 0 aliphatic carbocycles. The maximum absolute atomic E-state index is 13.5. The van der Waals surface area contributed by atoms with Gasteiger partial charge in [-0.25, -0.2) is 4.39 Å². The molecule has 1 aliphatic heterocycles. The third kappa shape index (κ3) is 5.84. The summed E-state index contributed by atoms with van der Waals surface area (Å²) in [5, 5.41) is 3.88. The van der Waals surface area contributed by atoms with Gasteiger partial charge in [0.1, 0.15) is 24.7 Å². The maximum atomic E-state index is 13.5. The Hall–Kier alpha value is -2.75. The lowest BCUT2D eigenvalue weighted by Crippen LogP contribution is -2.48. The molecule has 1 aliphatic rings. The molecule has 0 spiro atoms. The Morgan fingerprint density at radius 1 is 1.15 bits per heavy atom. The third-order valence-electron chi connectivity index (χ3n) is 5.76. The van der Waals surface area contributed by atoms with Gasteiger partial charge in [0.2, 0.25) is 5.91 Å². The number of rotatable bonds is 10. The molecule has 180 valence electrons. The molecule has 0 N–H and O–H groups in total. The van der Waals surface area contributed by atoms with Crippen LogP contribution in [0.25, 0.3) is 0 Å². The summed E-state index contributed by atoms with van der Waals surface area (Å²) in [6, 6.07) is 11.2. The zero-order valence-electron chi connectivity index (χ0n) is 18.9. The molecule has 2 aromatic heterocycles. The number of thiophene rings is 2. The van der Waals surface area contributed by atoms with Crippen molar-refractivity contribution in [2.24, 2.45) is 0 Å². The van der Waals surface area contributed by atoms with Crippen molar-refractivity contribution in [3.05, 3.63) is 74.4 Å². The topological polar surface area (TPSA) is 59.1 Å². The molecule has 1 atom stereocenters. The van der Waals surface area contributed by atoms with Crippen LogP contribution in [0, 0.1) is 5.82 Å². The molecule has 4 rings (SSSR count). The highest BCUT2D eigenvalue weighted by Crippen LogP contribution is 2.34. The van der Waals surface area contributed by atoms with Gasteiger partial charge in [-0.15, -0.1) is 22.7 Å². The van der Waals surface area contributed by atoms with Gasteiger partial charge >= 0.3 is 0 Å². The Morgan fingerprint density at radius 3 is 2.71 bits per heavy atom. The first-order chi connectivity index (χ1) is 16.6. The van der Waals surface area contributed by atoms with Crippen LogP contribution < -0.4 is 4.74 Å². The quantitative estimate of drug-likeness (QED) is 0.379. The van der Waals surface area contributed by atoms with Gasteiger partial charge in [-0.1, -0.05) is 6.07 Å². The number of carbonyl (C=O) groups excluding carboxylic acids is 2. The number of methoxy groups -OCH3 is 1. The average molecular weight is 503 g/mol. The van der Waals surface area contributed by atoms with Gasteiger partial charge < -0.3 is 19.3 Å². The van der Waals surface area contributed by atoms with Crippen molar-refractivity contribution in [1.82, 2.24) is 9.80 Å². The van der Waals surface area contributed by atoms with Crippen LogP contribution in [0.2, 0.25) is 0 Å². The fourth-order valence-electron chi connectivity index (χ4n) is 4.04. The summed E-state index contributed by atoms with van der Waals surface area (Å²) < 4.78 is 24.3. The van der Waals surface area contributed by atoms with Crippen molar-refractivity contribution < 1.29 is 23.5 Å². The summed E-state index contributed by atoms with van der Waals surface area (Å²) >= 11 is 3.04. The van der Waals surface area contributed by atoms with Crippen molar-refractivity contribution >= 4 is 34.5 Å². The number of benzene rings is 1. The maximum Gasteiger partial charge on any atom is 0.264 e. The third-order valence-corrected chi connectivity index (χ3v) is 7.61. The van der Waals surface area contributed by atoms with Crippen LogP contribution in [-0.2, 0) is 16.0 Å². The second-order valence-electron chi connectivity index (χ2n) is 7.97. The number of carbonyl (C=O) groups is 2. The lowest BCUT2D eigenvalue weighted by atomic mass is 10.0.